The van der Waals surface area contributed by atoms with Gasteiger partial charge in [-0.1, -0.05) is 30.3 Å². The monoisotopic (exact) mass is 174 g/mol. The molecule has 0 saturated heterocycles. The fourth-order valence-corrected chi connectivity index (χ4v) is 1.52. The van der Waals surface area contributed by atoms with E-state index in [2.05, 4.69) is 23.5 Å². The van der Waals surface area contributed by atoms with Crippen LogP contribution in [0.4, 0.5) is 0 Å². The summed E-state index contributed by atoms with van der Waals surface area (Å²) in [6.45, 7) is 0. The van der Waals surface area contributed by atoms with Crippen LogP contribution in [0.25, 0.3) is 0 Å². The summed E-state index contributed by atoms with van der Waals surface area (Å²) in [5, 5.41) is 2.03. The number of benzene rings is 1. The second-order valence-corrected chi connectivity index (χ2v) is 3.19. The fraction of sp³-hybridized carbons (Fsp3) is 0. The van der Waals surface area contributed by atoms with E-state index < -0.39 is 0 Å². The van der Waals surface area contributed by atoms with Gasteiger partial charge in [0.15, 0.2) is 0 Å². The van der Waals surface area contributed by atoms with E-state index in [1.54, 1.807) is 11.3 Å². The molecule has 12 heavy (non-hydrogen) atoms. The Bertz CT molecular complexity index is 326. The Labute approximate surface area is 75.7 Å². The van der Waals surface area contributed by atoms with Crippen molar-refractivity contribution in [1.29, 1.82) is 0 Å². The minimum absolute atomic E-state index is 1.03. The molecule has 0 aliphatic carbocycles. The molecule has 0 aliphatic heterocycles. The molecule has 0 aliphatic rings. The van der Waals surface area contributed by atoms with Gasteiger partial charge in [-0.2, -0.15) is 0 Å². The average molecular weight is 174 g/mol. The molecule has 59 valence electrons. The first-order valence-corrected chi connectivity index (χ1v) is 4.67. The van der Waals surface area contributed by atoms with Crippen molar-refractivity contribution < 1.29 is 0 Å². The third kappa shape index (κ3) is 1.71. The summed E-state index contributed by atoms with van der Waals surface area (Å²) < 4.78 is 0. The minimum Gasteiger partial charge on any atom is -0.249 e. The Morgan fingerprint density at radius 3 is 2.67 bits per heavy atom. The van der Waals surface area contributed by atoms with Gasteiger partial charge in [-0.05, 0) is 5.56 Å². The molecule has 2 aromatic rings. The van der Waals surface area contributed by atoms with Gasteiger partial charge >= 0.3 is 0 Å². The van der Waals surface area contributed by atoms with E-state index >= 15 is 0 Å². The quantitative estimate of drug-likeness (QED) is 0.682. The molecule has 0 saturated carbocycles. The number of aromatic nitrogens is 1. The SMILES string of the molecule is [CH](c1ccccc1)c1cscn1. The maximum absolute atomic E-state index is 4.17. The van der Waals surface area contributed by atoms with Crippen LogP contribution in [-0.2, 0) is 0 Å². The van der Waals surface area contributed by atoms with E-state index in [1.165, 1.54) is 5.56 Å². The summed E-state index contributed by atoms with van der Waals surface area (Å²) >= 11 is 1.62. The summed E-state index contributed by atoms with van der Waals surface area (Å²) in [6.07, 6.45) is 2.07. The molecule has 1 heterocycles. The summed E-state index contributed by atoms with van der Waals surface area (Å²) in [4.78, 5) is 4.17. The van der Waals surface area contributed by atoms with Crippen LogP contribution in [0.3, 0.4) is 0 Å². The van der Waals surface area contributed by atoms with Crippen LogP contribution in [-0.4, -0.2) is 4.98 Å². The lowest BCUT2D eigenvalue weighted by Gasteiger charge is -1.94. The van der Waals surface area contributed by atoms with Crippen LogP contribution in [0.1, 0.15) is 11.3 Å². The van der Waals surface area contributed by atoms with Crippen molar-refractivity contribution in [3.63, 3.8) is 0 Å². The summed E-state index contributed by atoms with van der Waals surface area (Å²) in [5.41, 5.74) is 4.07. The van der Waals surface area contributed by atoms with Crippen LogP contribution in [0.15, 0.2) is 41.2 Å². The van der Waals surface area contributed by atoms with E-state index in [1.807, 2.05) is 29.1 Å². The number of nitrogens with zero attached hydrogens (tertiary/aromatic N) is 1. The predicted molar refractivity (Wildman–Crippen MR) is 51.1 cm³/mol. The molecule has 0 atom stereocenters. The zero-order chi connectivity index (χ0) is 8.23. The van der Waals surface area contributed by atoms with Crippen molar-refractivity contribution in [2.75, 3.05) is 0 Å². The van der Waals surface area contributed by atoms with E-state index in [0.29, 0.717) is 0 Å². The van der Waals surface area contributed by atoms with Crippen molar-refractivity contribution in [1.82, 2.24) is 4.98 Å². The first-order valence-electron chi connectivity index (χ1n) is 3.73. The van der Waals surface area contributed by atoms with Crippen LogP contribution in [0, 0.1) is 6.42 Å². The number of hydrogen-bond donors (Lipinski definition) is 0. The van der Waals surface area contributed by atoms with E-state index in [-0.39, 0.29) is 0 Å². The Kier molecular flexibility index (Phi) is 2.19. The fourth-order valence-electron chi connectivity index (χ4n) is 1.01. The molecule has 0 unspecified atom stereocenters. The number of rotatable bonds is 2. The smallest absolute Gasteiger partial charge is 0.0794 e. The van der Waals surface area contributed by atoms with Crippen molar-refractivity contribution >= 4 is 11.3 Å². The van der Waals surface area contributed by atoms with Gasteiger partial charge in [0, 0.05) is 11.8 Å². The molecule has 2 heteroatoms. The molecular formula is C10H8NS. The van der Waals surface area contributed by atoms with E-state index in [4.69, 9.17) is 0 Å². The second kappa shape index (κ2) is 3.50. The molecule has 1 aromatic heterocycles. The van der Waals surface area contributed by atoms with Crippen LogP contribution >= 0.6 is 11.3 Å². The molecule has 0 bridgehead atoms. The maximum Gasteiger partial charge on any atom is 0.0794 e. The van der Waals surface area contributed by atoms with Crippen molar-refractivity contribution in [3.8, 4) is 0 Å². The molecule has 1 nitrogen and oxygen atoms in total. The molecule has 0 N–H and O–H groups in total. The molecule has 1 radical (unpaired) electrons. The molecular weight excluding hydrogens is 166 g/mol. The highest BCUT2D eigenvalue weighted by Crippen LogP contribution is 2.10. The number of thiazole rings is 1. The van der Waals surface area contributed by atoms with Gasteiger partial charge in [0.05, 0.1) is 11.2 Å². The van der Waals surface area contributed by atoms with Gasteiger partial charge < -0.3 is 0 Å². The predicted octanol–water partition coefficient (Wildman–Crippen LogP) is 2.74. The van der Waals surface area contributed by atoms with E-state index in [9.17, 15) is 0 Å². The molecule has 0 amide bonds. The zero-order valence-corrected chi connectivity index (χ0v) is 7.29. The highest BCUT2D eigenvalue weighted by molar-refractivity contribution is 7.07. The number of hydrogen-bond acceptors (Lipinski definition) is 2. The van der Waals surface area contributed by atoms with E-state index in [0.717, 1.165) is 5.69 Å². The lowest BCUT2D eigenvalue weighted by Crippen LogP contribution is -1.82. The average Bonchev–Trinajstić information content (AvgIpc) is 2.59. The summed E-state index contributed by atoms with van der Waals surface area (Å²) in [5.74, 6) is 0. The highest BCUT2D eigenvalue weighted by Gasteiger charge is 1.96. The molecule has 0 spiro atoms. The van der Waals surface area contributed by atoms with Gasteiger partial charge in [0.1, 0.15) is 0 Å². The topological polar surface area (TPSA) is 12.9 Å². The van der Waals surface area contributed by atoms with Crippen LogP contribution in [0.2, 0.25) is 0 Å². The molecule has 0 fully saturated rings. The van der Waals surface area contributed by atoms with Gasteiger partial charge in [-0.25, -0.2) is 4.98 Å². The third-order valence-electron chi connectivity index (χ3n) is 1.57. The lowest BCUT2D eigenvalue weighted by atomic mass is 10.1. The summed E-state index contributed by atoms with van der Waals surface area (Å²) in [7, 11) is 0. The van der Waals surface area contributed by atoms with Gasteiger partial charge in [0.2, 0.25) is 0 Å². The van der Waals surface area contributed by atoms with Crippen molar-refractivity contribution in [2.24, 2.45) is 0 Å². The van der Waals surface area contributed by atoms with Crippen molar-refractivity contribution in [2.45, 2.75) is 0 Å². The third-order valence-corrected chi connectivity index (χ3v) is 2.17. The first-order chi connectivity index (χ1) is 5.95. The normalized spacial score (nSPS) is 10.0. The van der Waals surface area contributed by atoms with Gasteiger partial charge in [0.25, 0.3) is 0 Å². The maximum atomic E-state index is 4.17. The zero-order valence-electron chi connectivity index (χ0n) is 6.47. The lowest BCUT2D eigenvalue weighted by molar-refractivity contribution is 1.28. The summed E-state index contributed by atoms with van der Waals surface area (Å²) in [6, 6.07) is 10.2. The standard InChI is InChI=1S/C10H8NS/c1-2-4-9(5-3-1)6-10-7-12-8-11-10/h1-8H. The Morgan fingerprint density at radius 1 is 1.17 bits per heavy atom. The first kappa shape index (κ1) is 7.50. The van der Waals surface area contributed by atoms with Gasteiger partial charge in [-0.15, -0.1) is 11.3 Å². The highest BCUT2D eigenvalue weighted by atomic mass is 32.1. The van der Waals surface area contributed by atoms with Crippen molar-refractivity contribution in [3.05, 3.63) is 58.9 Å². The molecule has 2 rings (SSSR count). The molecule has 1 aromatic carbocycles. The van der Waals surface area contributed by atoms with Gasteiger partial charge in [-0.3, -0.25) is 0 Å². The minimum atomic E-state index is 1.03. The second-order valence-electron chi connectivity index (χ2n) is 2.47. The largest absolute Gasteiger partial charge is 0.249 e. The Hall–Kier alpha value is -1.15. The van der Waals surface area contributed by atoms with Crippen LogP contribution in [0.5, 0.6) is 0 Å². The Balaban J connectivity index is 2.15. The van der Waals surface area contributed by atoms with Crippen LogP contribution < -0.4 is 0 Å². The Morgan fingerprint density at radius 2 is 2.00 bits per heavy atom.